The van der Waals surface area contributed by atoms with Crippen LogP contribution in [0.2, 0.25) is 0 Å². The van der Waals surface area contributed by atoms with E-state index in [0.717, 1.165) is 12.8 Å². The highest BCUT2D eigenvalue weighted by atomic mass is 32.2. The zero-order chi connectivity index (χ0) is 21.3. The molecule has 0 radical (unpaired) electrons. The maximum atomic E-state index is 13.2. The van der Waals surface area contributed by atoms with Gasteiger partial charge in [-0.15, -0.1) is 0 Å². The minimum Gasteiger partial charge on any atom is -0.408 e. The van der Waals surface area contributed by atoms with Gasteiger partial charge in [0, 0.05) is 37.8 Å². The van der Waals surface area contributed by atoms with E-state index in [1.165, 1.54) is 45.3 Å². The predicted molar refractivity (Wildman–Crippen MR) is 108 cm³/mol. The summed E-state index contributed by atoms with van der Waals surface area (Å²) in [6, 6.07) is 9.79. The second-order valence-electron chi connectivity index (χ2n) is 7.07. The summed E-state index contributed by atoms with van der Waals surface area (Å²) in [5, 5.41) is 2.56. The van der Waals surface area contributed by atoms with Gasteiger partial charge in [-0.2, -0.15) is 4.31 Å². The summed E-state index contributed by atoms with van der Waals surface area (Å²) >= 11 is 0. The molecule has 2 heterocycles. The van der Waals surface area contributed by atoms with Gasteiger partial charge >= 0.3 is 5.76 Å². The number of aromatic nitrogens is 1. The molecule has 0 atom stereocenters. The zero-order valence-electron chi connectivity index (χ0n) is 16.0. The van der Waals surface area contributed by atoms with Gasteiger partial charge < -0.3 is 9.73 Å². The van der Waals surface area contributed by atoms with Gasteiger partial charge in [0.1, 0.15) is 5.82 Å². The van der Waals surface area contributed by atoms with Crippen LogP contribution >= 0.6 is 0 Å². The molecule has 4 rings (SSSR count). The molecule has 1 N–H and O–H groups in total. The van der Waals surface area contributed by atoms with Crippen molar-refractivity contribution in [2.24, 2.45) is 0 Å². The number of amides is 1. The third-order valence-corrected chi connectivity index (χ3v) is 6.91. The molecule has 1 amide bonds. The van der Waals surface area contributed by atoms with Crippen molar-refractivity contribution in [3.8, 4) is 0 Å². The fourth-order valence-electron chi connectivity index (χ4n) is 3.50. The summed E-state index contributed by atoms with van der Waals surface area (Å²) in [5.41, 5.74) is 0.867. The fraction of sp³-hybridized carbons (Fsp3) is 0.300. The first-order chi connectivity index (χ1) is 14.3. The molecular formula is C20H20FN3O5S. The second-order valence-corrected chi connectivity index (χ2v) is 9.01. The number of carbonyl (C=O) groups is 1. The van der Waals surface area contributed by atoms with Crippen LogP contribution in [0, 0.1) is 5.82 Å². The normalized spacial score (nSPS) is 15.0. The number of hydrogen-bond acceptors (Lipinski definition) is 5. The van der Waals surface area contributed by atoms with Gasteiger partial charge in [-0.25, -0.2) is 17.6 Å². The van der Waals surface area contributed by atoms with Crippen LogP contribution in [0.4, 0.5) is 10.1 Å². The molecule has 158 valence electrons. The van der Waals surface area contributed by atoms with Crippen LogP contribution in [0.25, 0.3) is 11.1 Å². The first kappa shape index (κ1) is 20.3. The van der Waals surface area contributed by atoms with E-state index in [-0.39, 0.29) is 23.4 Å². The van der Waals surface area contributed by atoms with Gasteiger partial charge in [0.05, 0.1) is 10.4 Å². The molecule has 1 aromatic heterocycles. The third-order valence-electron chi connectivity index (χ3n) is 5.01. The van der Waals surface area contributed by atoms with Crippen molar-refractivity contribution in [1.29, 1.82) is 0 Å². The summed E-state index contributed by atoms with van der Waals surface area (Å²) in [7, 11) is -3.63. The average Bonchev–Trinajstić information content (AvgIpc) is 3.34. The Morgan fingerprint density at radius 2 is 1.90 bits per heavy atom. The first-order valence-corrected chi connectivity index (χ1v) is 11.0. The van der Waals surface area contributed by atoms with Crippen molar-refractivity contribution in [3.05, 3.63) is 58.8 Å². The van der Waals surface area contributed by atoms with E-state index in [0.29, 0.717) is 24.3 Å². The number of anilines is 1. The molecule has 0 bridgehead atoms. The number of nitrogens with zero attached hydrogens (tertiary/aromatic N) is 2. The lowest BCUT2D eigenvalue weighted by atomic mass is 10.3. The number of hydrogen-bond donors (Lipinski definition) is 1. The predicted octanol–water partition coefficient (Wildman–Crippen LogP) is 2.55. The minimum atomic E-state index is -3.63. The Balaban J connectivity index is 1.51. The van der Waals surface area contributed by atoms with Crippen LogP contribution in [-0.2, 0) is 21.4 Å². The number of oxazole rings is 1. The van der Waals surface area contributed by atoms with Crippen LogP contribution in [0.3, 0.4) is 0 Å². The summed E-state index contributed by atoms with van der Waals surface area (Å²) in [4.78, 5) is 24.4. The second kappa shape index (κ2) is 8.04. The molecule has 1 saturated heterocycles. The van der Waals surface area contributed by atoms with Gasteiger partial charge in [-0.1, -0.05) is 6.07 Å². The zero-order valence-corrected chi connectivity index (χ0v) is 16.8. The van der Waals surface area contributed by atoms with Gasteiger partial charge in [0.2, 0.25) is 15.9 Å². The number of sulfonamides is 1. The van der Waals surface area contributed by atoms with Crippen molar-refractivity contribution in [1.82, 2.24) is 8.87 Å². The molecule has 8 nitrogen and oxygen atoms in total. The van der Waals surface area contributed by atoms with Crippen molar-refractivity contribution < 1.29 is 22.0 Å². The standard InChI is InChI=1S/C20H20FN3O5S/c21-14-4-3-5-15(12-14)22-19(25)8-11-24-17-7-6-16(13-18(17)29-20(24)26)30(27,28)23-9-1-2-10-23/h3-7,12-13H,1-2,8-11H2,(H,22,25). The van der Waals surface area contributed by atoms with Crippen LogP contribution in [0.15, 0.2) is 56.6 Å². The minimum absolute atomic E-state index is 0.0329. The summed E-state index contributed by atoms with van der Waals surface area (Å²) < 4.78 is 46.5. The molecule has 1 aliphatic heterocycles. The summed E-state index contributed by atoms with van der Waals surface area (Å²) in [6.45, 7) is 0.989. The summed E-state index contributed by atoms with van der Waals surface area (Å²) in [5.74, 6) is -1.54. The molecule has 2 aromatic carbocycles. The van der Waals surface area contributed by atoms with Gasteiger partial charge in [0.15, 0.2) is 5.58 Å². The molecule has 1 fully saturated rings. The highest BCUT2D eigenvalue weighted by Crippen LogP contribution is 2.24. The summed E-state index contributed by atoms with van der Waals surface area (Å²) in [6.07, 6.45) is 1.61. The number of fused-ring (bicyclic) bond motifs is 1. The molecule has 0 spiro atoms. The quantitative estimate of drug-likeness (QED) is 0.644. The number of aryl methyl sites for hydroxylation is 1. The number of halogens is 1. The molecule has 0 saturated carbocycles. The van der Waals surface area contributed by atoms with E-state index in [4.69, 9.17) is 4.42 Å². The maximum absolute atomic E-state index is 13.2. The Hall–Kier alpha value is -2.98. The third kappa shape index (κ3) is 4.01. The topological polar surface area (TPSA) is 102 Å². The van der Waals surface area contributed by atoms with E-state index in [1.54, 1.807) is 6.07 Å². The Labute approximate surface area is 172 Å². The van der Waals surface area contributed by atoms with Gasteiger partial charge in [-0.05, 0) is 43.2 Å². The maximum Gasteiger partial charge on any atom is 0.419 e. The smallest absolute Gasteiger partial charge is 0.408 e. The lowest BCUT2D eigenvalue weighted by Gasteiger charge is -2.15. The molecule has 0 unspecified atom stereocenters. The number of benzene rings is 2. The molecule has 0 aliphatic carbocycles. The van der Waals surface area contributed by atoms with E-state index < -0.39 is 27.5 Å². The van der Waals surface area contributed by atoms with Crippen LogP contribution in [-0.4, -0.2) is 36.3 Å². The average molecular weight is 433 g/mol. The van der Waals surface area contributed by atoms with Gasteiger partial charge in [0.25, 0.3) is 0 Å². The van der Waals surface area contributed by atoms with Crippen LogP contribution in [0.1, 0.15) is 19.3 Å². The van der Waals surface area contributed by atoms with Gasteiger partial charge in [-0.3, -0.25) is 9.36 Å². The first-order valence-electron chi connectivity index (χ1n) is 9.53. The number of nitrogens with one attached hydrogen (secondary N) is 1. The van der Waals surface area contributed by atoms with E-state index >= 15 is 0 Å². The fourth-order valence-corrected chi connectivity index (χ4v) is 5.03. The van der Waals surface area contributed by atoms with Crippen molar-refractivity contribution in [2.45, 2.75) is 30.7 Å². The highest BCUT2D eigenvalue weighted by molar-refractivity contribution is 7.89. The number of rotatable bonds is 6. The van der Waals surface area contributed by atoms with E-state index in [9.17, 15) is 22.4 Å². The Morgan fingerprint density at radius 1 is 1.13 bits per heavy atom. The van der Waals surface area contributed by atoms with Crippen LogP contribution < -0.4 is 11.1 Å². The SMILES string of the molecule is O=C(CCn1c(=O)oc2cc(S(=O)(=O)N3CCCC3)ccc21)Nc1cccc(F)c1. The monoisotopic (exact) mass is 433 g/mol. The molecule has 1 aliphatic rings. The largest absolute Gasteiger partial charge is 0.419 e. The highest BCUT2D eigenvalue weighted by Gasteiger charge is 2.28. The number of carbonyl (C=O) groups excluding carboxylic acids is 1. The van der Waals surface area contributed by atoms with E-state index in [2.05, 4.69) is 5.32 Å². The Morgan fingerprint density at radius 3 is 2.63 bits per heavy atom. The Kier molecular flexibility index (Phi) is 5.44. The van der Waals surface area contributed by atoms with Crippen LogP contribution in [0.5, 0.6) is 0 Å². The molecular weight excluding hydrogens is 413 g/mol. The van der Waals surface area contributed by atoms with E-state index in [1.807, 2.05) is 0 Å². The molecule has 30 heavy (non-hydrogen) atoms. The lowest BCUT2D eigenvalue weighted by molar-refractivity contribution is -0.116. The molecule has 10 heteroatoms. The van der Waals surface area contributed by atoms with Crippen molar-refractivity contribution >= 4 is 32.7 Å². The lowest BCUT2D eigenvalue weighted by Crippen LogP contribution is -2.27. The molecule has 3 aromatic rings. The van der Waals surface area contributed by atoms with Crippen molar-refractivity contribution in [2.75, 3.05) is 18.4 Å². The Bertz CT molecular complexity index is 1260. The van der Waals surface area contributed by atoms with Crippen molar-refractivity contribution in [3.63, 3.8) is 0 Å².